The van der Waals surface area contributed by atoms with Gasteiger partial charge in [0.2, 0.25) is 0 Å². The van der Waals surface area contributed by atoms with Gasteiger partial charge in [-0.1, -0.05) is 6.07 Å². The smallest absolute Gasteiger partial charge is 0.251 e. The second kappa shape index (κ2) is 10.9. The molecule has 28 heavy (non-hydrogen) atoms. The number of rotatable bonds is 8. The van der Waals surface area contributed by atoms with Gasteiger partial charge < -0.3 is 21.1 Å². The van der Waals surface area contributed by atoms with E-state index in [0.29, 0.717) is 31.2 Å². The highest BCUT2D eigenvalue weighted by atomic mass is 19.1. The van der Waals surface area contributed by atoms with Crippen LogP contribution < -0.4 is 16.0 Å². The average Bonchev–Trinajstić information content (AvgIpc) is 2.67. The molecular formula is C21H27FN4O2. The van der Waals surface area contributed by atoms with Gasteiger partial charge in [0.25, 0.3) is 5.91 Å². The Balaban J connectivity index is 1.77. The predicted molar refractivity (Wildman–Crippen MR) is 109 cm³/mol. The van der Waals surface area contributed by atoms with Gasteiger partial charge in [-0.05, 0) is 67.8 Å². The summed E-state index contributed by atoms with van der Waals surface area (Å²) in [6, 6.07) is 10.9. The van der Waals surface area contributed by atoms with E-state index >= 15 is 0 Å². The number of benzene rings is 2. The van der Waals surface area contributed by atoms with Crippen molar-refractivity contribution in [2.75, 3.05) is 26.2 Å². The van der Waals surface area contributed by atoms with Crippen molar-refractivity contribution in [3.05, 3.63) is 65.0 Å². The van der Waals surface area contributed by atoms with Gasteiger partial charge in [-0.3, -0.25) is 9.79 Å². The molecule has 0 unspecified atom stereocenters. The van der Waals surface area contributed by atoms with E-state index in [4.69, 9.17) is 0 Å². The third-order valence-electron chi connectivity index (χ3n) is 4.13. The van der Waals surface area contributed by atoms with E-state index in [1.165, 1.54) is 24.3 Å². The van der Waals surface area contributed by atoms with Crippen molar-refractivity contribution >= 4 is 11.9 Å². The van der Waals surface area contributed by atoms with Crippen molar-refractivity contribution in [1.82, 2.24) is 16.0 Å². The standard InChI is InChI=1S/C21H27FN4O2/c1-3-23-21(25-11-10-16-4-7-18(22)14-15(16)2)26-13-12-24-20(28)17-5-8-19(27)9-6-17/h4-9,14,27H,3,10-13H2,1-2H3,(H,24,28)(H2,23,25,26). The molecule has 0 saturated carbocycles. The van der Waals surface area contributed by atoms with E-state index < -0.39 is 0 Å². The number of aryl methyl sites for hydroxylation is 1. The first kappa shape index (κ1) is 21.2. The molecule has 2 aromatic rings. The number of hydrogen-bond donors (Lipinski definition) is 4. The third kappa shape index (κ3) is 6.90. The van der Waals surface area contributed by atoms with Gasteiger partial charge in [0.1, 0.15) is 11.6 Å². The molecule has 0 atom stereocenters. The van der Waals surface area contributed by atoms with Crippen LogP contribution in [0.3, 0.4) is 0 Å². The molecule has 1 amide bonds. The van der Waals surface area contributed by atoms with E-state index in [1.54, 1.807) is 18.2 Å². The molecule has 2 aromatic carbocycles. The van der Waals surface area contributed by atoms with Gasteiger partial charge in [0.05, 0.1) is 0 Å². The Hall–Kier alpha value is -3.09. The van der Waals surface area contributed by atoms with E-state index in [-0.39, 0.29) is 17.5 Å². The number of carbonyl (C=O) groups is 1. The maximum atomic E-state index is 13.2. The van der Waals surface area contributed by atoms with E-state index in [0.717, 1.165) is 24.1 Å². The first-order chi connectivity index (χ1) is 13.5. The third-order valence-corrected chi connectivity index (χ3v) is 4.13. The van der Waals surface area contributed by atoms with Crippen LogP contribution in [0.4, 0.5) is 4.39 Å². The van der Waals surface area contributed by atoms with Gasteiger partial charge in [0.15, 0.2) is 5.96 Å². The van der Waals surface area contributed by atoms with Crippen LogP contribution in [0.1, 0.15) is 28.4 Å². The molecule has 0 aromatic heterocycles. The zero-order valence-corrected chi connectivity index (χ0v) is 16.3. The molecule has 0 aliphatic carbocycles. The minimum absolute atomic E-state index is 0.126. The minimum Gasteiger partial charge on any atom is -0.508 e. The zero-order chi connectivity index (χ0) is 20.4. The summed E-state index contributed by atoms with van der Waals surface area (Å²) in [4.78, 5) is 16.5. The predicted octanol–water partition coefficient (Wildman–Crippen LogP) is 2.37. The summed E-state index contributed by atoms with van der Waals surface area (Å²) < 4.78 is 13.2. The zero-order valence-electron chi connectivity index (χ0n) is 16.3. The van der Waals surface area contributed by atoms with Crippen LogP contribution in [0.2, 0.25) is 0 Å². The van der Waals surface area contributed by atoms with Gasteiger partial charge in [-0.2, -0.15) is 0 Å². The van der Waals surface area contributed by atoms with E-state index in [2.05, 4.69) is 20.9 Å². The number of nitrogens with zero attached hydrogens (tertiary/aromatic N) is 1. The van der Waals surface area contributed by atoms with Crippen LogP contribution in [0.5, 0.6) is 5.75 Å². The number of carbonyl (C=O) groups excluding carboxylic acids is 1. The van der Waals surface area contributed by atoms with Crippen LogP contribution in [-0.2, 0) is 6.42 Å². The van der Waals surface area contributed by atoms with Crippen LogP contribution in [-0.4, -0.2) is 43.2 Å². The molecule has 0 heterocycles. The Labute approximate surface area is 164 Å². The number of guanidine groups is 1. The molecule has 2 rings (SSSR count). The van der Waals surface area contributed by atoms with E-state index in [1.807, 2.05) is 13.8 Å². The maximum Gasteiger partial charge on any atom is 0.251 e. The Morgan fingerprint density at radius 1 is 1.07 bits per heavy atom. The molecule has 0 bridgehead atoms. The van der Waals surface area contributed by atoms with Gasteiger partial charge in [0, 0.05) is 31.7 Å². The molecule has 0 aliphatic rings. The summed E-state index contributed by atoms with van der Waals surface area (Å²) in [5.74, 6) is 0.367. The van der Waals surface area contributed by atoms with Gasteiger partial charge in [-0.15, -0.1) is 0 Å². The molecule has 4 N–H and O–H groups in total. The summed E-state index contributed by atoms with van der Waals surface area (Å²) >= 11 is 0. The number of phenolic OH excluding ortho intramolecular Hbond substituents is 1. The highest BCUT2D eigenvalue weighted by molar-refractivity contribution is 5.94. The molecule has 0 radical (unpaired) electrons. The molecule has 0 fully saturated rings. The first-order valence-electron chi connectivity index (χ1n) is 9.34. The normalized spacial score (nSPS) is 11.2. The minimum atomic E-state index is -0.228. The highest BCUT2D eigenvalue weighted by Crippen LogP contribution is 2.11. The monoisotopic (exact) mass is 386 g/mol. The number of hydrogen-bond acceptors (Lipinski definition) is 3. The van der Waals surface area contributed by atoms with Gasteiger partial charge in [-0.25, -0.2) is 4.39 Å². The number of amides is 1. The van der Waals surface area contributed by atoms with Crippen molar-refractivity contribution in [3.8, 4) is 5.75 Å². The van der Waals surface area contributed by atoms with Crippen molar-refractivity contribution in [3.63, 3.8) is 0 Å². The van der Waals surface area contributed by atoms with Gasteiger partial charge >= 0.3 is 0 Å². The maximum absolute atomic E-state index is 13.2. The summed E-state index contributed by atoms with van der Waals surface area (Å²) in [7, 11) is 0. The lowest BCUT2D eigenvalue weighted by Crippen LogP contribution is -2.41. The molecule has 7 heteroatoms. The second-order valence-electron chi connectivity index (χ2n) is 6.31. The van der Waals surface area contributed by atoms with Crippen molar-refractivity contribution in [2.24, 2.45) is 4.99 Å². The summed E-state index contributed by atoms with van der Waals surface area (Å²) in [5.41, 5.74) is 2.49. The number of nitrogens with one attached hydrogen (secondary N) is 3. The van der Waals surface area contributed by atoms with Crippen LogP contribution in [0.25, 0.3) is 0 Å². The van der Waals surface area contributed by atoms with Crippen molar-refractivity contribution < 1.29 is 14.3 Å². The molecule has 0 spiro atoms. The number of halogens is 1. The Bertz CT molecular complexity index is 807. The quantitative estimate of drug-likeness (QED) is 0.319. The molecular weight excluding hydrogens is 359 g/mol. The number of phenols is 1. The average molecular weight is 386 g/mol. The largest absolute Gasteiger partial charge is 0.508 e. The lowest BCUT2D eigenvalue weighted by molar-refractivity contribution is 0.0954. The highest BCUT2D eigenvalue weighted by Gasteiger charge is 2.05. The summed E-state index contributed by atoms with van der Waals surface area (Å²) in [5, 5.41) is 18.4. The SMILES string of the molecule is CCNC(=NCCc1ccc(F)cc1C)NCCNC(=O)c1ccc(O)cc1. The lowest BCUT2D eigenvalue weighted by Gasteiger charge is -2.12. The van der Waals surface area contributed by atoms with Crippen LogP contribution in [0.15, 0.2) is 47.5 Å². The molecule has 150 valence electrons. The summed E-state index contributed by atoms with van der Waals surface area (Å²) in [6.07, 6.45) is 0.722. The van der Waals surface area contributed by atoms with E-state index in [9.17, 15) is 14.3 Å². The number of aliphatic imine (C=N–C) groups is 1. The fourth-order valence-electron chi connectivity index (χ4n) is 2.64. The summed E-state index contributed by atoms with van der Waals surface area (Å²) in [6.45, 7) is 6.12. The Morgan fingerprint density at radius 3 is 2.46 bits per heavy atom. The van der Waals surface area contributed by atoms with Crippen LogP contribution >= 0.6 is 0 Å². The topological polar surface area (TPSA) is 85.8 Å². The fraction of sp³-hybridized carbons (Fsp3) is 0.333. The Morgan fingerprint density at radius 2 is 1.79 bits per heavy atom. The second-order valence-corrected chi connectivity index (χ2v) is 6.31. The first-order valence-corrected chi connectivity index (χ1v) is 9.34. The van der Waals surface area contributed by atoms with Crippen LogP contribution in [0, 0.1) is 12.7 Å². The Kier molecular flexibility index (Phi) is 8.27. The molecule has 6 nitrogen and oxygen atoms in total. The number of aromatic hydroxyl groups is 1. The molecule has 0 saturated heterocycles. The molecule has 0 aliphatic heterocycles. The van der Waals surface area contributed by atoms with Crippen molar-refractivity contribution in [1.29, 1.82) is 0 Å². The fourth-order valence-corrected chi connectivity index (χ4v) is 2.64. The van der Waals surface area contributed by atoms with Crippen molar-refractivity contribution in [2.45, 2.75) is 20.3 Å². The lowest BCUT2D eigenvalue weighted by atomic mass is 10.1.